The number of thioether (sulfide) groups is 1. The first kappa shape index (κ1) is 32.8. The van der Waals surface area contributed by atoms with Crippen LogP contribution in [0.4, 0.5) is 23.4 Å². The zero-order valence-corrected chi connectivity index (χ0v) is 27.1. The van der Waals surface area contributed by atoms with Crippen LogP contribution in [0.2, 0.25) is 5.02 Å². The Balaban J connectivity index is 1.46. The second-order valence-electron chi connectivity index (χ2n) is 12.2. The van der Waals surface area contributed by atoms with Gasteiger partial charge in [0, 0.05) is 91.1 Å². The molecule has 3 aromatic rings. The minimum absolute atomic E-state index is 0.125. The van der Waals surface area contributed by atoms with Gasteiger partial charge in [-0.1, -0.05) is 18.2 Å². The Labute approximate surface area is 273 Å². The molecule has 14 heteroatoms. The highest BCUT2D eigenvalue weighted by Crippen LogP contribution is 2.48. The van der Waals surface area contributed by atoms with Gasteiger partial charge in [0.1, 0.15) is 17.5 Å². The topological polar surface area (TPSA) is 64.9 Å². The standard InChI is InChI=1S/C32H35ClF4N6O2S/c1-4-27(44)41-13-19(3)42(14-18(41)2)31-23-12-24(33)28(22-6-5-20(34)11-25(22)35)30-29(23)43(32(45)38-31)21(17-46-30)15-39-7-9-40(10-8-39)16-26(36)37/h4-6,11-12,18-19,21,26H,1,7-10,13-17H2,2-3H3/t18-,19+,21+/m1/s1. The third kappa shape index (κ3) is 6.14. The first-order valence-electron chi connectivity index (χ1n) is 15.3. The molecule has 0 spiro atoms. The maximum absolute atomic E-state index is 15.2. The molecule has 3 aliphatic heterocycles. The van der Waals surface area contributed by atoms with Crippen LogP contribution < -0.4 is 10.6 Å². The highest BCUT2D eigenvalue weighted by atomic mass is 35.5. The van der Waals surface area contributed by atoms with Gasteiger partial charge in [0.25, 0.3) is 6.43 Å². The minimum Gasteiger partial charge on any atom is -0.349 e. The molecule has 246 valence electrons. The van der Waals surface area contributed by atoms with E-state index in [-0.39, 0.29) is 41.2 Å². The lowest BCUT2D eigenvalue weighted by Gasteiger charge is -2.45. The van der Waals surface area contributed by atoms with Crippen LogP contribution in [0.15, 0.2) is 46.6 Å². The third-order valence-corrected chi connectivity index (χ3v) is 10.7. The Hall–Kier alpha value is -3.13. The molecule has 2 aromatic carbocycles. The molecule has 3 atom stereocenters. The van der Waals surface area contributed by atoms with Crippen molar-refractivity contribution in [2.45, 2.75) is 43.3 Å². The van der Waals surface area contributed by atoms with Crippen LogP contribution >= 0.6 is 23.4 Å². The number of carbonyl (C=O) groups is 1. The lowest BCUT2D eigenvalue weighted by molar-refractivity contribution is -0.128. The Morgan fingerprint density at radius 2 is 1.83 bits per heavy atom. The number of hydrogen-bond acceptors (Lipinski definition) is 7. The monoisotopic (exact) mass is 678 g/mol. The van der Waals surface area contributed by atoms with E-state index >= 15 is 4.39 Å². The predicted molar refractivity (Wildman–Crippen MR) is 173 cm³/mol. The molecule has 1 aromatic heterocycles. The Bertz CT molecular complexity index is 1730. The van der Waals surface area contributed by atoms with Crippen molar-refractivity contribution in [3.05, 3.63) is 64.1 Å². The molecule has 8 nitrogen and oxygen atoms in total. The van der Waals surface area contributed by atoms with Crippen molar-refractivity contribution >= 4 is 46.0 Å². The molecule has 0 N–H and O–H groups in total. The van der Waals surface area contributed by atoms with E-state index in [4.69, 9.17) is 11.6 Å². The maximum atomic E-state index is 15.2. The van der Waals surface area contributed by atoms with Crippen molar-refractivity contribution in [2.24, 2.45) is 0 Å². The SMILES string of the molecule is C=CC(=O)N1C[C@H](C)N(c2nc(=O)n3c4c(c(-c5ccc(F)cc5F)c(Cl)cc24)SC[C@@H]3CN2CCN(CC(F)F)CC2)C[C@H]1C. The summed E-state index contributed by atoms with van der Waals surface area (Å²) in [6.07, 6.45) is -1.10. The highest BCUT2D eigenvalue weighted by Gasteiger charge is 2.36. The highest BCUT2D eigenvalue weighted by molar-refractivity contribution is 7.99. The van der Waals surface area contributed by atoms with Crippen molar-refractivity contribution in [3.63, 3.8) is 0 Å². The van der Waals surface area contributed by atoms with Crippen LogP contribution in [0.5, 0.6) is 0 Å². The van der Waals surface area contributed by atoms with E-state index in [1.807, 2.05) is 18.7 Å². The summed E-state index contributed by atoms with van der Waals surface area (Å²) in [5.74, 6) is -0.763. The summed E-state index contributed by atoms with van der Waals surface area (Å²) in [6, 6.07) is 4.34. The average molecular weight is 679 g/mol. The van der Waals surface area contributed by atoms with Crippen LogP contribution in [-0.2, 0) is 4.79 Å². The van der Waals surface area contributed by atoms with Crippen molar-refractivity contribution in [2.75, 3.05) is 63.0 Å². The van der Waals surface area contributed by atoms with E-state index in [2.05, 4.69) is 16.5 Å². The lowest BCUT2D eigenvalue weighted by atomic mass is 10.0. The molecule has 0 aliphatic carbocycles. The number of carbonyl (C=O) groups excluding carboxylic acids is 1. The molecule has 6 rings (SSSR count). The number of anilines is 1. The summed E-state index contributed by atoms with van der Waals surface area (Å²) in [7, 11) is 0. The third-order valence-electron chi connectivity index (χ3n) is 9.13. The molecule has 2 saturated heterocycles. The van der Waals surface area contributed by atoms with E-state index in [9.17, 15) is 22.8 Å². The zero-order chi connectivity index (χ0) is 32.9. The van der Waals surface area contributed by atoms with E-state index in [1.165, 1.54) is 30.0 Å². The molecule has 0 saturated carbocycles. The Kier molecular flexibility index (Phi) is 9.39. The van der Waals surface area contributed by atoms with Gasteiger partial charge in [-0.15, -0.1) is 11.8 Å². The van der Waals surface area contributed by atoms with Crippen LogP contribution in [0.25, 0.3) is 22.0 Å². The summed E-state index contributed by atoms with van der Waals surface area (Å²) in [5.41, 5.74) is 0.604. The number of halogens is 5. The predicted octanol–water partition coefficient (Wildman–Crippen LogP) is 5.14. The summed E-state index contributed by atoms with van der Waals surface area (Å²) < 4.78 is 56.7. The van der Waals surface area contributed by atoms with Gasteiger partial charge in [-0.3, -0.25) is 19.2 Å². The van der Waals surface area contributed by atoms with Crippen molar-refractivity contribution in [3.8, 4) is 11.1 Å². The van der Waals surface area contributed by atoms with Gasteiger partial charge >= 0.3 is 5.69 Å². The number of piperazine rings is 2. The molecule has 2 fully saturated rings. The van der Waals surface area contributed by atoms with Gasteiger partial charge in [-0.25, -0.2) is 22.4 Å². The number of nitrogens with zero attached hydrogens (tertiary/aromatic N) is 6. The summed E-state index contributed by atoms with van der Waals surface area (Å²) in [4.78, 5) is 39.4. The first-order valence-corrected chi connectivity index (χ1v) is 16.6. The number of hydrogen-bond donors (Lipinski definition) is 0. The average Bonchev–Trinajstić information content (AvgIpc) is 3.01. The summed E-state index contributed by atoms with van der Waals surface area (Å²) in [5, 5.41) is 0.857. The van der Waals surface area contributed by atoms with Crippen LogP contribution in [0.3, 0.4) is 0 Å². The van der Waals surface area contributed by atoms with Gasteiger partial charge in [-0.2, -0.15) is 4.98 Å². The van der Waals surface area contributed by atoms with E-state index in [0.29, 0.717) is 78.7 Å². The fourth-order valence-electron chi connectivity index (χ4n) is 6.85. The Morgan fingerprint density at radius 1 is 1.11 bits per heavy atom. The van der Waals surface area contributed by atoms with Crippen molar-refractivity contribution in [1.29, 1.82) is 0 Å². The van der Waals surface area contributed by atoms with Gasteiger partial charge < -0.3 is 9.80 Å². The number of aromatic nitrogens is 2. The van der Waals surface area contributed by atoms with Crippen LogP contribution in [-0.4, -0.2) is 107 Å². The van der Waals surface area contributed by atoms with E-state index in [0.717, 1.165) is 6.07 Å². The quantitative estimate of drug-likeness (QED) is 0.254. The van der Waals surface area contributed by atoms with Gasteiger partial charge in [0.15, 0.2) is 0 Å². The maximum Gasteiger partial charge on any atom is 0.350 e. The molecule has 46 heavy (non-hydrogen) atoms. The first-order chi connectivity index (χ1) is 22.0. The van der Waals surface area contributed by atoms with Gasteiger partial charge in [0.2, 0.25) is 5.91 Å². The smallest absolute Gasteiger partial charge is 0.349 e. The van der Waals surface area contributed by atoms with Gasteiger partial charge in [-0.05, 0) is 38.1 Å². The number of rotatable bonds is 7. The molecular weight excluding hydrogens is 644 g/mol. The van der Waals surface area contributed by atoms with Crippen molar-refractivity contribution in [1.82, 2.24) is 24.3 Å². The second-order valence-corrected chi connectivity index (χ2v) is 13.6. The largest absolute Gasteiger partial charge is 0.350 e. The molecule has 0 radical (unpaired) electrons. The molecular formula is C32H35ClF4N6O2S. The molecule has 1 amide bonds. The fraction of sp³-hybridized carbons (Fsp3) is 0.469. The van der Waals surface area contributed by atoms with Crippen molar-refractivity contribution < 1.29 is 22.4 Å². The normalized spacial score (nSPS) is 22.6. The molecule has 0 bridgehead atoms. The summed E-state index contributed by atoms with van der Waals surface area (Å²) >= 11 is 8.37. The lowest BCUT2D eigenvalue weighted by Crippen LogP contribution is -2.58. The summed E-state index contributed by atoms with van der Waals surface area (Å²) in [6.45, 7) is 10.7. The Morgan fingerprint density at radius 3 is 2.50 bits per heavy atom. The second kappa shape index (κ2) is 13.2. The van der Waals surface area contributed by atoms with Crippen LogP contribution in [0.1, 0.15) is 19.9 Å². The molecule has 0 unspecified atom stereocenters. The number of alkyl halides is 2. The molecule has 3 aliphatic rings. The van der Waals surface area contributed by atoms with Gasteiger partial charge in [0.05, 0.1) is 23.1 Å². The zero-order valence-electron chi connectivity index (χ0n) is 25.6. The minimum atomic E-state index is -2.39. The van der Waals surface area contributed by atoms with Crippen LogP contribution in [0, 0.1) is 11.6 Å². The number of amides is 1. The van der Waals surface area contributed by atoms with E-state index < -0.39 is 23.7 Å². The molecule has 4 heterocycles. The fourth-order valence-corrected chi connectivity index (χ4v) is 8.53. The van der Waals surface area contributed by atoms with E-state index in [1.54, 1.807) is 20.4 Å². The number of benzene rings is 2.